The van der Waals surface area contributed by atoms with Crippen LogP contribution in [0.2, 0.25) is 0 Å². The quantitative estimate of drug-likeness (QED) is 0.460. The molecular weight excluding hydrogens is 400 g/mol. The summed E-state index contributed by atoms with van der Waals surface area (Å²) >= 11 is 0. The fourth-order valence-corrected chi connectivity index (χ4v) is 3.87. The average molecular weight is 422 g/mol. The molecule has 3 aromatic carbocycles. The van der Waals surface area contributed by atoms with E-state index in [4.69, 9.17) is 9.84 Å². The number of nitrogens with one attached hydrogen (secondary N) is 1. The van der Waals surface area contributed by atoms with E-state index in [1.54, 1.807) is 4.68 Å². The predicted octanol–water partition coefficient (Wildman–Crippen LogP) is 4.98. The van der Waals surface area contributed by atoms with Crippen molar-refractivity contribution in [1.29, 1.82) is 0 Å². The van der Waals surface area contributed by atoms with Crippen LogP contribution in [0.4, 0.5) is 5.95 Å². The van der Waals surface area contributed by atoms with Gasteiger partial charge >= 0.3 is 5.97 Å². The van der Waals surface area contributed by atoms with Gasteiger partial charge in [0.15, 0.2) is 5.82 Å². The lowest BCUT2D eigenvalue weighted by Gasteiger charge is -2.28. The summed E-state index contributed by atoms with van der Waals surface area (Å²) in [5.74, 6) is 0.811. The summed E-state index contributed by atoms with van der Waals surface area (Å²) in [6.45, 7) is 2.08. The molecule has 1 atom stereocenters. The molecule has 0 radical (unpaired) electrons. The monoisotopic (exact) mass is 422 g/mol. The average Bonchev–Trinajstić information content (AvgIpc) is 3.27. The molecule has 0 spiro atoms. The van der Waals surface area contributed by atoms with Crippen LogP contribution in [0.5, 0.6) is 0 Å². The van der Waals surface area contributed by atoms with Crippen LogP contribution in [0, 0.1) is 0 Å². The van der Waals surface area contributed by atoms with Gasteiger partial charge in [0, 0.05) is 11.3 Å². The van der Waals surface area contributed by atoms with Gasteiger partial charge in [0.1, 0.15) is 12.6 Å². The van der Waals surface area contributed by atoms with Gasteiger partial charge in [0.25, 0.3) is 0 Å². The third-order valence-electron chi connectivity index (χ3n) is 5.43. The molecule has 4 aromatic rings. The summed E-state index contributed by atoms with van der Waals surface area (Å²) in [6, 6.07) is 28.8. The third kappa shape index (κ3) is 3.78. The number of fused-ring (bicyclic) bond motifs is 1. The number of allylic oxidation sites excluding steroid dienone is 1. The number of esters is 1. The van der Waals surface area contributed by atoms with Gasteiger partial charge in [-0.15, -0.1) is 5.10 Å². The van der Waals surface area contributed by atoms with Crippen molar-refractivity contribution in [2.75, 3.05) is 5.32 Å². The molecule has 0 saturated carbocycles. The summed E-state index contributed by atoms with van der Waals surface area (Å²) in [7, 11) is 0. The molecule has 1 aliphatic heterocycles. The van der Waals surface area contributed by atoms with E-state index in [1.165, 1.54) is 0 Å². The van der Waals surface area contributed by atoms with E-state index in [2.05, 4.69) is 10.3 Å². The maximum atomic E-state index is 13.3. The molecule has 2 heterocycles. The fourth-order valence-electron chi connectivity index (χ4n) is 3.87. The molecule has 158 valence electrons. The van der Waals surface area contributed by atoms with Crippen LogP contribution in [0.25, 0.3) is 11.4 Å². The number of anilines is 1. The Bertz CT molecular complexity index is 1270. The van der Waals surface area contributed by atoms with E-state index in [9.17, 15) is 4.79 Å². The lowest BCUT2D eigenvalue weighted by atomic mass is 9.96. The molecule has 0 amide bonds. The molecule has 32 heavy (non-hydrogen) atoms. The summed E-state index contributed by atoms with van der Waals surface area (Å²) < 4.78 is 7.47. The minimum Gasteiger partial charge on any atom is -0.457 e. The molecule has 5 rings (SSSR count). The minimum atomic E-state index is -0.444. The lowest BCUT2D eigenvalue weighted by Crippen LogP contribution is -2.29. The number of benzene rings is 3. The van der Waals surface area contributed by atoms with E-state index in [0.717, 1.165) is 16.7 Å². The molecule has 6 heteroatoms. The van der Waals surface area contributed by atoms with Crippen molar-refractivity contribution >= 4 is 11.9 Å². The largest absolute Gasteiger partial charge is 0.457 e. The normalized spacial score (nSPS) is 15.1. The second kappa shape index (κ2) is 8.51. The first-order chi connectivity index (χ1) is 15.7. The predicted molar refractivity (Wildman–Crippen MR) is 123 cm³/mol. The topological polar surface area (TPSA) is 69.0 Å². The highest BCUT2D eigenvalue weighted by atomic mass is 16.5. The zero-order valence-corrected chi connectivity index (χ0v) is 17.6. The molecule has 0 aliphatic carbocycles. The van der Waals surface area contributed by atoms with Crippen molar-refractivity contribution < 1.29 is 9.53 Å². The van der Waals surface area contributed by atoms with Crippen LogP contribution in [-0.4, -0.2) is 20.7 Å². The van der Waals surface area contributed by atoms with E-state index in [1.807, 2.05) is 97.9 Å². The maximum Gasteiger partial charge on any atom is 0.338 e. The van der Waals surface area contributed by atoms with E-state index in [-0.39, 0.29) is 12.6 Å². The number of nitrogens with zero attached hydrogens (tertiary/aromatic N) is 3. The third-order valence-corrected chi connectivity index (χ3v) is 5.43. The first-order valence-corrected chi connectivity index (χ1v) is 10.5. The number of carbonyl (C=O) groups is 1. The molecule has 0 saturated heterocycles. The summed E-state index contributed by atoms with van der Waals surface area (Å²) in [6.07, 6.45) is 0. The standard InChI is InChI=1S/C26H22N4O2/c1-18-22(25(31)32-17-19-11-5-2-6-12-19)23(20-13-7-3-8-14-20)30-26(27-18)28-24(29-30)21-15-9-4-10-16-21/h2-16,23H,17H2,1H3,(H,27,28,29). The molecule has 1 aliphatic rings. The van der Waals surface area contributed by atoms with Gasteiger partial charge in [0.2, 0.25) is 5.95 Å². The van der Waals surface area contributed by atoms with E-state index >= 15 is 0 Å². The van der Waals surface area contributed by atoms with Gasteiger partial charge in [0.05, 0.1) is 5.57 Å². The highest BCUT2D eigenvalue weighted by Crippen LogP contribution is 2.36. The van der Waals surface area contributed by atoms with Gasteiger partial charge < -0.3 is 10.1 Å². The van der Waals surface area contributed by atoms with Crippen molar-refractivity contribution in [3.8, 4) is 11.4 Å². The zero-order valence-electron chi connectivity index (χ0n) is 17.6. The van der Waals surface area contributed by atoms with Crippen molar-refractivity contribution in [2.45, 2.75) is 19.6 Å². The number of carbonyl (C=O) groups excluding carboxylic acids is 1. The summed E-state index contributed by atoms with van der Waals surface area (Å²) in [4.78, 5) is 18.0. The highest BCUT2D eigenvalue weighted by molar-refractivity contribution is 5.92. The Kier molecular flexibility index (Phi) is 5.25. The Morgan fingerprint density at radius 1 is 0.938 bits per heavy atom. The molecular formula is C26H22N4O2. The van der Waals surface area contributed by atoms with Gasteiger partial charge in [-0.05, 0) is 18.1 Å². The molecule has 0 bridgehead atoms. The van der Waals surface area contributed by atoms with Gasteiger partial charge in [-0.2, -0.15) is 4.98 Å². The number of rotatable bonds is 5. The molecule has 1 aromatic heterocycles. The van der Waals surface area contributed by atoms with Crippen LogP contribution < -0.4 is 5.32 Å². The first-order valence-electron chi connectivity index (χ1n) is 10.5. The molecule has 1 unspecified atom stereocenters. The maximum absolute atomic E-state index is 13.3. The van der Waals surface area contributed by atoms with Crippen LogP contribution in [-0.2, 0) is 16.1 Å². The van der Waals surface area contributed by atoms with Crippen molar-refractivity contribution in [3.05, 3.63) is 113 Å². The number of ether oxygens (including phenoxy) is 1. The smallest absolute Gasteiger partial charge is 0.338 e. The van der Waals surface area contributed by atoms with Gasteiger partial charge in [-0.1, -0.05) is 91.0 Å². The van der Waals surface area contributed by atoms with Crippen molar-refractivity contribution in [2.24, 2.45) is 0 Å². The Labute approximate surface area is 186 Å². The Morgan fingerprint density at radius 2 is 1.56 bits per heavy atom. The van der Waals surface area contributed by atoms with Crippen LogP contribution in [0.3, 0.4) is 0 Å². The van der Waals surface area contributed by atoms with Gasteiger partial charge in [-0.25, -0.2) is 9.48 Å². The van der Waals surface area contributed by atoms with Crippen LogP contribution >= 0.6 is 0 Å². The second-order valence-corrected chi connectivity index (χ2v) is 7.61. The lowest BCUT2D eigenvalue weighted by molar-refractivity contribution is -0.140. The van der Waals surface area contributed by atoms with Crippen LogP contribution in [0.1, 0.15) is 24.1 Å². The fraction of sp³-hybridized carbons (Fsp3) is 0.115. The van der Waals surface area contributed by atoms with Crippen LogP contribution in [0.15, 0.2) is 102 Å². The molecule has 6 nitrogen and oxygen atoms in total. The Balaban J connectivity index is 1.53. The number of hydrogen-bond donors (Lipinski definition) is 1. The van der Waals surface area contributed by atoms with Crippen molar-refractivity contribution in [3.63, 3.8) is 0 Å². The number of aromatic nitrogens is 3. The molecule has 1 N–H and O–H groups in total. The number of hydrogen-bond acceptors (Lipinski definition) is 5. The summed E-state index contributed by atoms with van der Waals surface area (Å²) in [5, 5.41) is 8.01. The zero-order chi connectivity index (χ0) is 21.9. The van der Waals surface area contributed by atoms with Gasteiger partial charge in [-0.3, -0.25) is 0 Å². The SMILES string of the molecule is CC1=C(C(=O)OCc2ccccc2)C(c2ccccc2)n2nc(-c3ccccc3)nc2N1. The Hall–Kier alpha value is -4.19. The van der Waals surface area contributed by atoms with E-state index in [0.29, 0.717) is 23.0 Å². The molecule has 0 fully saturated rings. The van der Waals surface area contributed by atoms with E-state index < -0.39 is 6.04 Å². The summed E-state index contributed by atoms with van der Waals surface area (Å²) in [5.41, 5.74) is 4.01. The second-order valence-electron chi connectivity index (χ2n) is 7.61. The highest BCUT2D eigenvalue weighted by Gasteiger charge is 2.35. The van der Waals surface area contributed by atoms with Crippen molar-refractivity contribution in [1.82, 2.24) is 14.8 Å². The first kappa shape index (κ1) is 19.8. The Morgan fingerprint density at radius 3 is 2.25 bits per heavy atom. The minimum absolute atomic E-state index is 0.206.